The van der Waals surface area contributed by atoms with Crippen molar-refractivity contribution in [2.45, 2.75) is 77.7 Å². The first-order valence-corrected chi connectivity index (χ1v) is 10.1. The molecule has 11 heteroatoms. The number of nitrogens with one attached hydrogen (secondary N) is 3. The SMILES string of the molecule is CCC(C)C(N)C(=O)NC(C(=O)NC(C(=O)NC(CO)C(=O)O)C(C)CC)C(C)O. The number of aliphatic hydroxyl groups excluding tert-OH is 2. The van der Waals surface area contributed by atoms with Crippen LogP contribution in [0.15, 0.2) is 0 Å². The van der Waals surface area contributed by atoms with Crippen LogP contribution in [0, 0.1) is 11.8 Å². The minimum Gasteiger partial charge on any atom is -0.480 e. The summed E-state index contributed by atoms with van der Waals surface area (Å²) in [4.78, 5) is 48.7. The molecule has 0 aromatic carbocycles. The summed E-state index contributed by atoms with van der Waals surface area (Å²) in [7, 11) is 0. The molecule has 0 heterocycles. The van der Waals surface area contributed by atoms with Gasteiger partial charge in [-0.05, 0) is 18.8 Å². The molecule has 0 fully saturated rings. The summed E-state index contributed by atoms with van der Waals surface area (Å²) in [6.07, 6.45) is -0.158. The summed E-state index contributed by atoms with van der Waals surface area (Å²) in [5, 5.41) is 35.1. The number of nitrogens with two attached hydrogens (primary N) is 1. The molecule has 30 heavy (non-hydrogen) atoms. The molecule has 0 bridgehead atoms. The summed E-state index contributed by atoms with van der Waals surface area (Å²) in [6.45, 7) is 7.59. The largest absolute Gasteiger partial charge is 0.480 e. The molecule has 174 valence electrons. The number of hydrogen-bond donors (Lipinski definition) is 7. The Morgan fingerprint density at radius 3 is 1.70 bits per heavy atom. The number of amides is 3. The molecule has 0 aliphatic carbocycles. The highest BCUT2D eigenvalue weighted by atomic mass is 16.4. The molecule has 0 aliphatic rings. The van der Waals surface area contributed by atoms with Crippen molar-refractivity contribution in [3.8, 4) is 0 Å². The molecule has 3 amide bonds. The summed E-state index contributed by atoms with van der Waals surface area (Å²) in [6, 6.07) is -4.90. The normalized spacial score (nSPS) is 18.1. The Morgan fingerprint density at radius 2 is 1.30 bits per heavy atom. The monoisotopic (exact) mass is 432 g/mol. The van der Waals surface area contributed by atoms with Crippen LogP contribution in [0.25, 0.3) is 0 Å². The van der Waals surface area contributed by atoms with Gasteiger partial charge in [-0.3, -0.25) is 14.4 Å². The third kappa shape index (κ3) is 8.25. The molecular formula is C19H36N4O7. The maximum atomic E-state index is 12.7. The van der Waals surface area contributed by atoms with Crippen molar-refractivity contribution in [2.24, 2.45) is 17.6 Å². The zero-order chi connectivity index (χ0) is 23.6. The smallest absolute Gasteiger partial charge is 0.328 e. The van der Waals surface area contributed by atoms with E-state index in [0.717, 1.165) is 0 Å². The molecule has 0 aromatic rings. The average Bonchev–Trinajstić information content (AvgIpc) is 2.70. The summed E-state index contributed by atoms with van der Waals surface area (Å²) < 4.78 is 0. The van der Waals surface area contributed by atoms with Crippen molar-refractivity contribution in [1.82, 2.24) is 16.0 Å². The maximum Gasteiger partial charge on any atom is 0.328 e. The van der Waals surface area contributed by atoms with Gasteiger partial charge in [0.25, 0.3) is 0 Å². The van der Waals surface area contributed by atoms with Gasteiger partial charge < -0.3 is 37.0 Å². The number of carbonyl (C=O) groups is 4. The molecule has 11 nitrogen and oxygen atoms in total. The molecule has 0 rings (SSSR count). The summed E-state index contributed by atoms with van der Waals surface area (Å²) in [5.74, 6) is -4.19. The van der Waals surface area contributed by atoms with Crippen LogP contribution >= 0.6 is 0 Å². The van der Waals surface area contributed by atoms with Gasteiger partial charge in [0.2, 0.25) is 17.7 Å². The predicted molar refractivity (Wildman–Crippen MR) is 109 cm³/mol. The van der Waals surface area contributed by atoms with Crippen LogP contribution in [0.5, 0.6) is 0 Å². The lowest BCUT2D eigenvalue weighted by atomic mass is 9.96. The van der Waals surface area contributed by atoms with E-state index in [1.165, 1.54) is 6.92 Å². The van der Waals surface area contributed by atoms with Gasteiger partial charge in [-0.15, -0.1) is 0 Å². The second kappa shape index (κ2) is 13.1. The minimum absolute atomic E-state index is 0.146. The van der Waals surface area contributed by atoms with Gasteiger partial charge in [0.05, 0.1) is 18.8 Å². The van der Waals surface area contributed by atoms with Crippen LogP contribution in [-0.4, -0.2) is 75.9 Å². The van der Waals surface area contributed by atoms with Gasteiger partial charge in [-0.2, -0.15) is 0 Å². The summed E-state index contributed by atoms with van der Waals surface area (Å²) in [5.41, 5.74) is 5.87. The number of rotatable bonds is 13. The van der Waals surface area contributed by atoms with Crippen molar-refractivity contribution in [2.75, 3.05) is 6.61 Å². The fourth-order valence-corrected chi connectivity index (χ4v) is 2.56. The number of hydrogen-bond acceptors (Lipinski definition) is 7. The van der Waals surface area contributed by atoms with E-state index in [-0.39, 0.29) is 5.92 Å². The van der Waals surface area contributed by atoms with Crippen LogP contribution in [-0.2, 0) is 19.2 Å². The molecule has 7 atom stereocenters. The van der Waals surface area contributed by atoms with Gasteiger partial charge in [0, 0.05) is 0 Å². The average molecular weight is 433 g/mol. The van der Waals surface area contributed by atoms with Gasteiger partial charge >= 0.3 is 5.97 Å². The lowest BCUT2D eigenvalue weighted by molar-refractivity contribution is -0.143. The molecule has 0 aromatic heterocycles. The third-order valence-corrected chi connectivity index (χ3v) is 5.21. The van der Waals surface area contributed by atoms with Crippen molar-refractivity contribution in [3.63, 3.8) is 0 Å². The minimum atomic E-state index is -1.53. The van der Waals surface area contributed by atoms with Gasteiger partial charge in [0.1, 0.15) is 18.1 Å². The Labute approximate surface area is 176 Å². The number of carboxylic acid groups (broad SMARTS) is 1. The van der Waals surface area contributed by atoms with E-state index in [9.17, 15) is 24.3 Å². The molecule has 0 spiro atoms. The van der Waals surface area contributed by atoms with E-state index < -0.39 is 66.5 Å². The van der Waals surface area contributed by atoms with Crippen molar-refractivity contribution in [1.29, 1.82) is 0 Å². The molecule has 0 aliphatic heterocycles. The first kappa shape index (κ1) is 27.8. The lowest BCUT2D eigenvalue weighted by Crippen LogP contribution is -2.61. The number of aliphatic carboxylic acids is 1. The zero-order valence-electron chi connectivity index (χ0n) is 18.2. The number of carboxylic acids is 1. The van der Waals surface area contributed by atoms with Crippen LogP contribution < -0.4 is 21.7 Å². The Balaban J connectivity index is 5.44. The third-order valence-electron chi connectivity index (χ3n) is 5.21. The summed E-state index contributed by atoms with van der Waals surface area (Å²) >= 11 is 0. The van der Waals surface area contributed by atoms with Crippen molar-refractivity contribution < 1.29 is 34.5 Å². The lowest BCUT2D eigenvalue weighted by Gasteiger charge is -2.29. The van der Waals surface area contributed by atoms with Crippen molar-refractivity contribution >= 4 is 23.7 Å². The number of carbonyl (C=O) groups excluding carboxylic acids is 3. The Morgan fingerprint density at radius 1 is 0.833 bits per heavy atom. The van der Waals surface area contributed by atoms with E-state index in [1.807, 2.05) is 6.92 Å². The second-order valence-electron chi connectivity index (χ2n) is 7.59. The number of aliphatic hydroxyl groups is 2. The highest BCUT2D eigenvalue weighted by Crippen LogP contribution is 2.10. The van der Waals surface area contributed by atoms with Gasteiger partial charge in [-0.25, -0.2) is 4.79 Å². The van der Waals surface area contributed by atoms with E-state index in [1.54, 1.807) is 20.8 Å². The Hall–Kier alpha value is -2.24. The molecule has 0 saturated carbocycles. The second-order valence-corrected chi connectivity index (χ2v) is 7.59. The van der Waals surface area contributed by atoms with Crippen LogP contribution in [0.3, 0.4) is 0 Å². The predicted octanol–water partition coefficient (Wildman–Crippen LogP) is -1.68. The highest BCUT2D eigenvalue weighted by molar-refractivity contribution is 5.94. The van der Waals surface area contributed by atoms with Crippen LogP contribution in [0.1, 0.15) is 47.5 Å². The molecule has 7 unspecified atom stereocenters. The van der Waals surface area contributed by atoms with Crippen LogP contribution in [0.2, 0.25) is 0 Å². The first-order chi connectivity index (χ1) is 13.9. The molecule has 0 radical (unpaired) electrons. The first-order valence-electron chi connectivity index (χ1n) is 10.1. The van der Waals surface area contributed by atoms with Gasteiger partial charge in [-0.1, -0.05) is 40.5 Å². The topological polar surface area (TPSA) is 191 Å². The fraction of sp³-hybridized carbons (Fsp3) is 0.789. The van der Waals surface area contributed by atoms with Crippen molar-refractivity contribution in [3.05, 3.63) is 0 Å². The van der Waals surface area contributed by atoms with Crippen LogP contribution in [0.4, 0.5) is 0 Å². The Kier molecular flexibility index (Phi) is 12.2. The maximum absolute atomic E-state index is 12.7. The van der Waals surface area contributed by atoms with E-state index in [4.69, 9.17) is 15.9 Å². The molecule has 8 N–H and O–H groups in total. The zero-order valence-corrected chi connectivity index (χ0v) is 18.2. The van der Waals surface area contributed by atoms with E-state index in [2.05, 4.69) is 16.0 Å². The highest BCUT2D eigenvalue weighted by Gasteiger charge is 2.34. The molecular weight excluding hydrogens is 396 g/mol. The molecule has 0 saturated heterocycles. The Bertz CT molecular complexity index is 599. The van der Waals surface area contributed by atoms with E-state index >= 15 is 0 Å². The standard InChI is InChI=1S/C19H36N4O7/c1-6-9(3)13(20)16(26)23-15(11(5)25)18(28)22-14(10(4)7-2)17(27)21-12(8-24)19(29)30/h9-15,24-25H,6-8,20H2,1-5H3,(H,21,27)(H,22,28)(H,23,26)(H,29,30). The quantitative estimate of drug-likeness (QED) is 0.179. The van der Waals surface area contributed by atoms with Gasteiger partial charge in [0.15, 0.2) is 0 Å². The fourth-order valence-electron chi connectivity index (χ4n) is 2.56. The van der Waals surface area contributed by atoms with E-state index in [0.29, 0.717) is 12.8 Å².